The van der Waals surface area contributed by atoms with Crippen LogP contribution in [0.2, 0.25) is 19.6 Å². The Morgan fingerprint density at radius 2 is 1.43 bits per heavy atom. The van der Waals surface area contributed by atoms with E-state index < -0.39 is 8.07 Å². The molecule has 0 saturated carbocycles. The molecule has 1 nitrogen and oxygen atoms in total. The highest BCUT2D eigenvalue weighted by molar-refractivity contribution is 6.84. The fourth-order valence-electron chi connectivity index (χ4n) is 2.33. The van der Waals surface area contributed by atoms with Crippen LogP contribution in [0.5, 0.6) is 0 Å². The molecular weight excluding hydrogens is 294 g/mol. The number of nitrogens with zero attached hydrogens (tertiary/aromatic N) is 1. The minimum absolute atomic E-state index is 0.881. The van der Waals surface area contributed by atoms with Crippen LogP contribution in [0.15, 0.2) is 47.5 Å². The van der Waals surface area contributed by atoms with Crippen molar-refractivity contribution >= 4 is 19.5 Å². The summed E-state index contributed by atoms with van der Waals surface area (Å²) in [5.74, 6) is 3.38. The van der Waals surface area contributed by atoms with Gasteiger partial charge in [-0.15, -0.1) is 5.54 Å². The normalized spacial score (nSPS) is 11.8. The third-order valence-corrected chi connectivity index (χ3v) is 4.42. The highest BCUT2D eigenvalue weighted by atomic mass is 28.3. The summed E-state index contributed by atoms with van der Waals surface area (Å²) in [5, 5.41) is 0. The number of aryl methyl sites for hydroxylation is 3. The molecule has 2 rings (SSSR count). The Balaban J connectivity index is 2.60. The molecule has 0 heterocycles. The summed E-state index contributed by atoms with van der Waals surface area (Å²) in [5.41, 5.74) is 10.2. The Morgan fingerprint density at radius 3 is 1.96 bits per heavy atom. The van der Waals surface area contributed by atoms with Gasteiger partial charge in [-0.1, -0.05) is 61.5 Å². The van der Waals surface area contributed by atoms with E-state index in [4.69, 9.17) is 4.99 Å². The summed E-state index contributed by atoms with van der Waals surface area (Å²) in [6.45, 7) is 13.1. The van der Waals surface area contributed by atoms with Gasteiger partial charge in [-0.3, -0.25) is 0 Å². The van der Waals surface area contributed by atoms with E-state index in [2.05, 4.69) is 94.3 Å². The molecular formula is C21H25NSi. The molecule has 0 aromatic heterocycles. The van der Waals surface area contributed by atoms with E-state index >= 15 is 0 Å². The second-order valence-corrected chi connectivity index (χ2v) is 11.8. The Morgan fingerprint density at radius 1 is 0.870 bits per heavy atom. The summed E-state index contributed by atoms with van der Waals surface area (Å²) in [4.78, 5) is 4.86. The lowest BCUT2D eigenvalue weighted by molar-refractivity contribution is 1.35. The molecule has 0 spiro atoms. The monoisotopic (exact) mass is 319 g/mol. The van der Waals surface area contributed by atoms with E-state index in [9.17, 15) is 0 Å². The van der Waals surface area contributed by atoms with Gasteiger partial charge in [0.1, 0.15) is 13.8 Å². The van der Waals surface area contributed by atoms with Gasteiger partial charge >= 0.3 is 0 Å². The van der Waals surface area contributed by atoms with Crippen LogP contribution in [0.1, 0.15) is 22.3 Å². The summed E-state index contributed by atoms with van der Waals surface area (Å²) >= 11 is 0. The SMILES string of the molecule is Cc1ccc(N=C(C#C[Si](C)(C)C)c2c(C)cccc2C)cc1. The maximum atomic E-state index is 4.86. The van der Waals surface area contributed by atoms with Crippen molar-refractivity contribution in [3.8, 4) is 11.5 Å². The van der Waals surface area contributed by atoms with Crippen LogP contribution in [0.25, 0.3) is 0 Å². The van der Waals surface area contributed by atoms with Crippen molar-refractivity contribution in [2.24, 2.45) is 4.99 Å². The average molecular weight is 320 g/mol. The molecule has 0 atom stereocenters. The van der Waals surface area contributed by atoms with E-state index in [0.29, 0.717) is 0 Å². The zero-order chi connectivity index (χ0) is 17.0. The molecule has 2 aromatic rings. The molecule has 0 aliphatic rings. The highest BCUT2D eigenvalue weighted by Gasteiger charge is 2.11. The lowest BCUT2D eigenvalue weighted by Crippen LogP contribution is -2.17. The largest absolute Gasteiger partial charge is 0.239 e. The standard InChI is InChI=1S/C21H25NSi/c1-16-10-12-19(13-11-16)22-20(14-15-23(4,5)6)21-17(2)8-7-9-18(21)3/h7-13H,1-6H3. The number of hydrogen-bond acceptors (Lipinski definition) is 1. The molecule has 0 fully saturated rings. The van der Waals surface area contributed by atoms with Crippen molar-refractivity contribution in [2.45, 2.75) is 40.4 Å². The fraction of sp³-hybridized carbons (Fsp3) is 0.286. The molecule has 0 saturated heterocycles. The van der Waals surface area contributed by atoms with Crippen LogP contribution >= 0.6 is 0 Å². The second kappa shape index (κ2) is 6.98. The number of aliphatic imine (C=N–C) groups is 1. The van der Waals surface area contributed by atoms with Crippen molar-refractivity contribution < 1.29 is 0 Å². The van der Waals surface area contributed by atoms with Crippen LogP contribution in [-0.4, -0.2) is 13.8 Å². The molecule has 0 aliphatic carbocycles. The van der Waals surface area contributed by atoms with Crippen LogP contribution in [0.4, 0.5) is 5.69 Å². The van der Waals surface area contributed by atoms with Gasteiger partial charge in [0.25, 0.3) is 0 Å². The number of rotatable bonds is 2. The first kappa shape index (κ1) is 17.2. The van der Waals surface area contributed by atoms with Gasteiger partial charge in [0, 0.05) is 5.56 Å². The second-order valence-electron chi connectivity index (χ2n) is 7.06. The molecule has 2 aromatic carbocycles. The van der Waals surface area contributed by atoms with Crippen molar-refractivity contribution in [3.05, 3.63) is 64.7 Å². The van der Waals surface area contributed by atoms with Gasteiger partial charge in [-0.25, -0.2) is 4.99 Å². The molecule has 2 heteroatoms. The molecule has 0 N–H and O–H groups in total. The lowest BCUT2D eigenvalue weighted by Gasteiger charge is -2.10. The van der Waals surface area contributed by atoms with E-state index in [1.807, 2.05) is 0 Å². The zero-order valence-electron chi connectivity index (χ0n) is 15.0. The van der Waals surface area contributed by atoms with E-state index in [0.717, 1.165) is 11.4 Å². The van der Waals surface area contributed by atoms with Crippen molar-refractivity contribution in [1.82, 2.24) is 0 Å². The predicted molar refractivity (Wildman–Crippen MR) is 104 cm³/mol. The summed E-state index contributed by atoms with van der Waals surface area (Å²) in [6.07, 6.45) is 0. The van der Waals surface area contributed by atoms with E-state index in [-0.39, 0.29) is 0 Å². The first-order chi connectivity index (χ1) is 10.8. The van der Waals surface area contributed by atoms with E-state index in [1.54, 1.807) is 0 Å². The minimum Gasteiger partial charge on any atom is -0.239 e. The van der Waals surface area contributed by atoms with Crippen LogP contribution in [0, 0.1) is 32.2 Å². The van der Waals surface area contributed by atoms with Crippen LogP contribution in [-0.2, 0) is 0 Å². The molecule has 118 valence electrons. The highest BCUT2D eigenvalue weighted by Crippen LogP contribution is 2.19. The van der Waals surface area contributed by atoms with Gasteiger partial charge in [-0.2, -0.15) is 0 Å². The van der Waals surface area contributed by atoms with Gasteiger partial charge in [0.15, 0.2) is 0 Å². The van der Waals surface area contributed by atoms with Gasteiger partial charge < -0.3 is 0 Å². The summed E-state index contributed by atoms with van der Waals surface area (Å²) in [7, 11) is -1.46. The first-order valence-electron chi connectivity index (χ1n) is 8.01. The maximum absolute atomic E-state index is 4.86. The van der Waals surface area contributed by atoms with Crippen molar-refractivity contribution in [2.75, 3.05) is 0 Å². The molecule has 23 heavy (non-hydrogen) atoms. The van der Waals surface area contributed by atoms with Crippen LogP contribution < -0.4 is 0 Å². The first-order valence-corrected chi connectivity index (χ1v) is 11.5. The summed E-state index contributed by atoms with van der Waals surface area (Å²) in [6, 6.07) is 14.6. The smallest absolute Gasteiger partial charge is 0.129 e. The minimum atomic E-state index is -1.46. The Hall–Kier alpha value is -2.11. The maximum Gasteiger partial charge on any atom is 0.129 e. The quantitative estimate of drug-likeness (QED) is 0.387. The average Bonchev–Trinajstić information content (AvgIpc) is 2.45. The third kappa shape index (κ3) is 4.94. The number of benzene rings is 2. The topological polar surface area (TPSA) is 12.4 Å². The predicted octanol–water partition coefficient (Wildman–Crippen LogP) is 5.61. The molecule has 0 aliphatic heterocycles. The van der Waals surface area contributed by atoms with E-state index in [1.165, 1.54) is 22.3 Å². The third-order valence-electron chi connectivity index (χ3n) is 3.55. The molecule has 0 bridgehead atoms. The Bertz CT molecular complexity index is 761. The zero-order valence-corrected chi connectivity index (χ0v) is 16.0. The van der Waals surface area contributed by atoms with Crippen molar-refractivity contribution in [3.63, 3.8) is 0 Å². The summed E-state index contributed by atoms with van der Waals surface area (Å²) < 4.78 is 0. The van der Waals surface area contributed by atoms with Crippen LogP contribution in [0.3, 0.4) is 0 Å². The van der Waals surface area contributed by atoms with Gasteiger partial charge in [0.05, 0.1) is 5.69 Å². The fourth-order valence-corrected chi connectivity index (χ4v) is 2.82. The molecule has 0 unspecified atom stereocenters. The van der Waals surface area contributed by atoms with Gasteiger partial charge in [-0.05, 0) is 44.0 Å². The lowest BCUT2D eigenvalue weighted by atomic mass is 9.99. The number of hydrogen-bond donors (Lipinski definition) is 0. The molecule has 0 radical (unpaired) electrons. The Labute approximate surface area is 141 Å². The molecule has 0 amide bonds. The van der Waals surface area contributed by atoms with Gasteiger partial charge in [0.2, 0.25) is 0 Å². The Kier molecular flexibility index (Phi) is 5.23. The van der Waals surface area contributed by atoms with Crippen molar-refractivity contribution in [1.29, 1.82) is 0 Å².